The predicted molar refractivity (Wildman–Crippen MR) is 146 cm³/mol. The lowest BCUT2D eigenvalue weighted by Gasteiger charge is -2.42. The van der Waals surface area contributed by atoms with Gasteiger partial charge in [0.25, 0.3) is 0 Å². The van der Waals surface area contributed by atoms with E-state index in [9.17, 15) is 35.1 Å². The first kappa shape index (κ1) is 28.9. The normalized spacial score (nSPS) is 34.5. The number of hydrogen-bond donors (Lipinski definition) is 5. The molecular formula is C31H34O11. The standard InChI is InChI=1S/C31H34O11/c1-12-7-15-9-18(33)26-27(24(15)17(32)8-12)29(37)16-5-4-6-21(25(16)30(26)38)41-22-11-20(35)31(14(3)40-22)42-23-10-19(34)28(36)13(2)39-23/h4-8,13-14,18-20,22-23,28,31-36H,9-11H2,1-3H3/t13-,14-,18-,19-,20-,22+,23+,28-,31-/m1/s1. The Bertz CT molecular complexity index is 1440. The van der Waals surface area contributed by atoms with Gasteiger partial charge in [-0.25, -0.2) is 0 Å². The van der Waals surface area contributed by atoms with Crippen LogP contribution in [0.5, 0.6) is 11.5 Å². The SMILES string of the molecule is Cc1cc(O)c2c(c1)C[C@@H](O)C1=C2C(=O)c2cccc(O[C@H]3C[C@@H](O)[C@H](O[C@H]4C[C@@H](O)[C@H](O)[C@@H](C)O4)[C@@H](C)O3)c2C1=O. The van der Waals surface area contributed by atoms with Crippen molar-refractivity contribution in [3.05, 3.63) is 63.7 Å². The Morgan fingerprint density at radius 1 is 0.881 bits per heavy atom. The smallest absolute Gasteiger partial charge is 0.202 e. The highest BCUT2D eigenvalue weighted by molar-refractivity contribution is 6.42. The van der Waals surface area contributed by atoms with Crippen molar-refractivity contribution in [2.75, 3.05) is 0 Å². The number of aromatic hydroxyl groups is 1. The van der Waals surface area contributed by atoms with Gasteiger partial charge in [-0.3, -0.25) is 9.59 Å². The summed E-state index contributed by atoms with van der Waals surface area (Å²) in [5.41, 5.74) is 1.57. The molecule has 4 aliphatic rings. The lowest BCUT2D eigenvalue weighted by Crippen LogP contribution is -2.54. The molecule has 2 heterocycles. The Hall–Kier alpha value is -3.16. The van der Waals surface area contributed by atoms with Crippen molar-refractivity contribution in [1.29, 1.82) is 0 Å². The monoisotopic (exact) mass is 582 g/mol. The van der Waals surface area contributed by atoms with Crippen LogP contribution in [0.3, 0.4) is 0 Å². The summed E-state index contributed by atoms with van der Waals surface area (Å²) in [5.74, 6) is -1.16. The van der Waals surface area contributed by atoms with E-state index in [0.717, 1.165) is 5.56 Å². The molecule has 9 atom stereocenters. The number of carbonyl (C=O) groups excluding carboxylic acids is 2. The van der Waals surface area contributed by atoms with Crippen LogP contribution in [0.25, 0.3) is 5.57 Å². The lowest BCUT2D eigenvalue weighted by molar-refractivity contribution is -0.303. The van der Waals surface area contributed by atoms with Gasteiger partial charge in [-0.2, -0.15) is 0 Å². The molecule has 0 aromatic heterocycles. The number of aliphatic hydroxyl groups is 4. The summed E-state index contributed by atoms with van der Waals surface area (Å²) in [6.07, 6.45) is -8.34. The second-order valence-corrected chi connectivity index (χ2v) is 11.5. The van der Waals surface area contributed by atoms with Gasteiger partial charge >= 0.3 is 0 Å². The highest BCUT2D eigenvalue weighted by Crippen LogP contribution is 2.45. The minimum atomic E-state index is -1.25. The first-order valence-corrected chi connectivity index (χ1v) is 14.1. The molecule has 224 valence electrons. The van der Waals surface area contributed by atoms with Gasteiger partial charge in [-0.05, 0) is 44.0 Å². The summed E-state index contributed by atoms with van der Waals surface area (Å²) in [6, 6.07) is 7.88. The number of Topliss-reactive ketones (excluding diaryl/α,β-unsaturated/α-hetero) is 2. The minimum Gasteiger partial charge on any atom is -0.507 e. The van der Waals surface area contributed by atoms with Gasteiger partial charge in [0, 0.05) is 41.5 Å². The van der Waals surface area contributed by atoms with E-state index < -0.39 is 66.9 Å². The number of benzene rings is 2. The van der Waals surface area contributed by atoms with Gasteiger partial charge in [0.15, 0.2) is 17.9 Å². The second-order valence-electron chi connectivity index (χ2n) is 11.5. The van der Waals surface area contributed by atoms with Crippen LogP contribution in [0.15, 0.2) is 35.9 Å². The summed E-state index contributed by atoms with van der Waals surface area (Å²) in [5, 5.41) is 52.6. The number of hydrogen-bond acceptors (Lipinski definition) is 11. The Morgan fingerprint density at radius 2 is 1.60 bits per heavy atom. The molecule has 0 saturated carbocycles. The number of phenolic OH excluding ortho intramolecular Hbond substituents is 1. The van der Waals surface area contributed by atoms with E-state index >= 15 is 0 Å². The van der Waals surface area contributed by atoms with Crippen LogP contribution in [0.1, 0.15) is 64.1 Å². The number of aliphatic hydroxyl groups excluding tert-OH is 4. The number of aryl methyl sites for hydroxylation is 1. The molecule has 42 heavy (non-hydrogen) atoms. The van der Waals surface area contributed by atoms with E-state index in [1.54, 1.807) is 32.9 Å². The average molecular weight is 583 g/mol. The Labute approximate surface area is 241 Å². The fourth-order valence-corrected chi connectivity index (χ4v) is 6.45. The quantitative estimate of drug-likeness (QED) is 0.354. The molecule has 0 radical (unpaired) electrons. The Kier molecular flexibility index (Phi) is 7.47. The predicted octanol–water partition coefficient (Wildman–Crippen LogP) is 1.57. The van der Waals surface area contributed by atoms with Gasteiger partial charge in [-0.1, -0.05) is 18.2 Å². The number of ketones is 2. The molecular weight excluding hydrogens is 548 g/mol. The number of carbonyl (C=O) groups is 2. The van der Waals surface area contributed by atoms with Crippen molar-refractivity contribution < 1.29 is 54.1 Å². The number of rotatable bonds is 4. The zero-order chi connectivity index (χ0) is 30.0. The maximum Gasteiger partial charge on any atom is 0.202 e. The topological polar surface area (TPSA) is 172 Å². The number of allylic oxidation sites excluding steroid dienone is 1. The fourth-order valence-electron chi connectivity index (χ4n) is 6.45. The molecule has 6 rings (SSSR count). The zero-order valence-corrected chi connectivity index (χ0v) is 23.4. The van der Waals surface area contributed by atoms with Crippen molar-refractivity contribution in [1.82, 2.24) is 0 Å². The van der Waals surface area contributed by atoms with Crippen LogP contribution < -0.4 is 4.74 Å². The molecule has 2 aromatic carbocycles. The number of ether oxygens (including phenoxy) is 4. The van der Waals surface area contributed by atoms with Crippen LogP contribution in [0, 0.1) is 6.92 Å². The largest absolute Gasteiger partial charge is 0.507 e. The second kappa shape index (κ2) is 10.8. The van der Waals surface area contributed by atoms with Crippen LogP contribution >= 0.6 is 0 Å². The average Bonchev–Trinajstić information content (AvgIpc) is 2.91. The molecule has 5 N–H and O–H groups in total. The molecule has 11 heteroatoms. The summed E-state index contributed by atoms with van der Waals surface area (Å²) < 4.78 is 23.6. The molecule has 0 bridgehead atoms. The van der Waals surface area contributed by atoms with E-state index in [1.807, 2.05) is 0 Å². The molecule has 2 fully saturated rings. The van der Waals surface area contributed by atoms with Crippen molar-refractivity contribution in [3.63, 3.8) is 0 Å². The van der Waals surface area contributed by atoms with E-state index in [4.69, 9.17) is 18.9 Å². The molecule has 0 unspecified atom stereocenters. The molecule has 2 aliphatic heterocycles. The molecule has 0 amide bonds. The van der Waals surface area contributed by atoms with E-state index in [1.165, 1.54) is 18.2 Å². The van der Waals surface area contributed by atoms with E-state index in [0.29, 0.717) is 5.56 Å². The van der Waals surface area contributed by atoms with Gasteiger partial charge in [0.2, 0.25) is 6.29 Å². The maximum absolute atomic E-state index is 13.8. The number of phenols is 1. The van der Waals surface area contributed by atoms with Crippen molar-refractivity contribution in [2.45, 2.75) is 95.3 Å². The summed E-state index contributed by atoms with van der Waals surface area (Å²) in [7, 11) is 0. The van der Waals surface area contributed by atoms with Gasteiger partial charge in [0.05, 0.1) is 36.1 Å². The summed E-state index contributed by atoms with van der Waals surface area (Å²) in [4.78, 5) is 27.6. The molecule has 2 aromatic rings. The summed E-state index contributed by atoms with van der Waals surface area (Å²) in [6.45, 7) is 5.09. The van der Waals surface area contributed by atoms with Crippen LogP contribution in [0.4, 0.5) is 0 Å². The molecule has 2 aliphatic carbocycles. The van der Waals surface area contributed by atoms with Crippen LogP contribution in [0.2, 0.25) is 0 Å². The first-order chi connectivity index (χ1) is 19.9. The van der Waals surface area contributed by atoms with E-state index in [-0.39, 0.29) is 58.6 Å². The van der Waals surface area contributed by atoms with Crippen molar-refractivity contribution in [3.8, 4) is 11.5 Å². The third-order valence-electron chi connectivity index (χ3n) is 8.46. The Balaban J connectivity index is 1.23. The fraction of sp³-hybridized carbons (Fsp3) is 0.484. The third-order valence-corrected chi connectivity index (χ3v) is 8.46. The highest BCUT2D eigenvalue weighted by atomic mass is 16.7. The summed E-state index contributed by atoms with van der Waals surface area (Å²) >= 11 is 0. The maximum atomic E-state index is 13.8. The van der Waals surface area contributed by atoms with Crippen molar-refractivity contribution >= 4 is 17.1 Å². The van der Waals surface area contributed by atoms with Crippen molar-refractivity contribution in [2.24, 2.45) is 0 Å². The first-order valence-electron chi connectivity index (χ1n) is 14.1. The third kappa shape index (κ3) is 4.84. The van der Waals surface area contributed by atoms with E-state index in [2.05, 4.69) is 0 Å². The van der Waals surface area contributed by atoms with Gasteiger partial charge in [-0.15, -0.1) is 0 Å². The molecule has 0 spiro atoms. The zero-order valence-electron chi connectivity index (χ0n) is 23.4. The lowest BCUT2D eigenvalue weighted by atomic mass is 9.73. The number of fused-ring (bicyclic) bond motifs is 3. The van der Waals surface area contributed by atoms with Gasteiger partial charge in [0.1, 0.15) is 23.7 Å². The highest BCUT2D eigenvalue weighted by Gasteiger charge is 2.45. The van der Waals surface area contributed by atoms with Crippen LogP contribution in [-0.2, 0) is 20.6 Å². The van der Waals surface area contributed by atoms with Gasteiger partial charge < -0.3 is 44.5 Å². The molecule has 2 saturated heterocycles. The molecule has 11 nitrogen and oxygen atoms in total. The minimum absolute atomic E-state index is 0.00858. The Morgan fingerprint density at radius 3 is 2.31 bits per heavy atom. The van der Waals surface area contributed by atoms with Crippen LogP contribution in [-0.4, -0.2) is 92.4 Å².